The highest BCUT2D eigenvalue weighted by atomic mass is 35.5. The van der Waals surface area contributed by atoms with Crippen molar-refractivity contribution < 1.29 is 19.7 Å². The van der Waals surface area contributed by atoms with Gasteiger partial charge in [0, 0.05) is 5.02 Å². The first-order valence-electron chi connectivity index (χ1n) is 5.80. The van der Waals surface area contributed by atoms with Crippen molar-refractivity contribution in [3.63, 3.8) is 0 Å². The molecular formula is C15H9ClO4. The van der Waals surface area contributed by atoms with Crippen LogP contribution in [0.25, 0.3) is 6.08 Å². The molecule has 0 saturated carbocycles. The first-order valence-corrected chi connectivity index (χ1v) is 6.18. The fourth-order valence-electron chi connectivity index (χ4n) is 1.94. The zero-order valence-corrected chi connectivity index (χ0v) is 10.9. The predicted octanol–water partition coefficient (Wildman–Crippen LogP) is 3.37. The number of hydrogen-bond donors (Lipinski definition) is 2. The number of halogens is 1. The van der Waals surface area contributed by atoms with E-state index in [2.05, 4.69) is 0 Å². The number of Topliss-reactive ketones (excluding diaryl/α,β-unsaturated/α-hetero) is 1. The van der Waals surface area contributed by atoms with Crippen LogP contribution >= 0.6 is 11.6 Å². The van der Waals surface area contributed by atoms with Crippen LogP contribution < -0.4 is 4.74 Å². The van der Waals surface area contributed by atoms with Crippen molar-refractivity contribution in [3.8, 4) is 17.2 Å². The van der Waals surface area contributed by atoms with Gasteiger partial charge in [0.25, 0.3) is 0 Å². The smallest absolute Gasteiger partial charge is 0.232 e. The molecule has 1 heterocycles. The molecule has 1 aliphatic rings. The summed E-state index contributed by atoms with van der Waals surface area (Å²) in [5.41, 5.74) is 0.953. The number of ether oxygens (including phenoxy) is 1. The van der Waals surface area contributed by atoms with E-state index in [0.717, 1.165) is 0 Å². The SMILES string of the molecule is O=C1/C(=C/c2ccc(O)c(O)c2)Oc2ccc(Cl)cc21. The summed E-state index contributed by atoms with van der Waals surface area (Å²) >= 11 is 5.85. The van der Waals surface area contributed by atoms with Crippen LogP contribution in [0.3, 0.4) is 0 Å². The van der Waals surface area contributed by atoms with Crippen molar-refractivity contribution in [1.82, 2.24) is 0 Å². The molecule has 4 nitrogen and oxygen atoms in total. The molecule has 0 saturated heterocycles. The van der Waals surface area contributed by atoms with E-state index in [-0.39, 0.29) is 23.0 Å². The molecule has 0 aliphatic carbocycles. The van der Waals surface area contributed by atoms with Crippen molar-refractivity contribution in [1.29, 1.82) is 0 Å². The third-order valence-corrected chi connectivity index (χ3v) is 3.16. The van der Waals surface area contributed by atoms with E-state index in [1.165, 1.54) is 18.2 Å². The minimum atomic E-state index is -0.268. The Hall–Kier alpha value is -2.46. The monoisotopic (exact) mass is 288 g/mol. The maximum atomic E-state index is 12.1. The van der Waals surface area contributed by atoms with E-state index < -0.39 is 0 Å². The number of allylic oxidation sites excluding steroid dienone is 1. The average molecular weight is 289 g/mol. The topological polar surface area (TPSA) is 66.8 Å². The van der Waals surface area contributed by atoms with E-state index >= 15 is 0 Å². The number of rotatable bonds is 1. The Labute approximate surface area is 119 Å². The number of phenolic OH excluding ortho intramolecular Hbond substituents is 2. The molecule has 0 spiro atoms. The normalized spacial score (nSPS) is 15.2. The average Bonchev–Trinajstić information content (AvgIpc) is 2.71. The van der Waals surface area contributed by atoms with Gasteiger partial charge in [-0.3, -0.25) is 4.79 Å². The summed E-state index contributed by atoms with van der Waals surface area (Å²) in [6, 6.07) is 9.07. The van der Waals surface area contributed by atoms with Gasteiger partial charge in [0.15, 0.2) is 17.3 Å². The molecule has 2 aromatic carbocycles. The van der Waals surface area contributed by atoms with Crippen LogP contribution in [0.15, 0.2) is 42.2 Å². The van der Waals surface area contributed by atoms with E-state index in [4.69, 9.17) is 16.3 Å². The number of fused-ring (bicyclic) bond motifs is 1. The minimum absolute atomic E-state index is 0.146. The van der Waals surface area contributed by atoms with Gasteiger partial charge in [-0.2, -0.15) is 0 Å². The number of carbonyl (C=O) groups is 1. The molecule has 0 aromatic heterocycles. The number of benzene rings is 2. The van der Waals surface area contributed by atoms with Crippen molar-refractivity contribution in [3.05, 3.63) is 58.3 Å². The largest absolute Gasteiger partial charge is 0.504 e. The van der Waals surface area contributed by atoms with Crippen molar-refractivity contribution in [2.45, 2.75) is 0 Å². The second-order valence-corrected chi connectivity index (χ2v) is 4.76. The molecule has 2 N–H and O–H groups in total. The summed E-state index contributed by atoms with van der Waals surface area (Å²) in [5, 5.41) is 19.1. The van der Waals surface area contributed by atoms with Gasteiger partial charge in [-0.25, -0.2) is 0 Å². The van der Waals surface area contributed by atoms with Crippen LogP contribution in [0.2, 0.25) is 5.02 Å². The standard InChI is InChI=1S/C15H9ClO4/c16-9-2-4-13-10(7-9)15(19)14(20-13)6-8-1-3-11(17)12(18)5-8/h1-7,17-18H/b14-6-. The quantitative estimate of drug-likeness (QED) is 0.624. The summed E-state index contributed by atoms with van der Waals surface area (Å²) < 4.78 is 5.46. The summed E-state index contributed by atoms with van der Waals surface area (Å²) in [7, 11) is 0. The van der Waals surface area contributed by atoms with E-state index in [1.54, 1.807) is 24.3 Å². The third-order valence-electron chi connectivity index (χ3n) is 2.93. The lowest BCUT2D eigenvalue weighted by Gasteiger charge is -2.00. The molecule has 0 radical (unpaired) electrons. The summed E-state index contributed by atoms with van der Waals surface area (Å²) in [4.78, 5) is 12.1. The molecule has 0 bridgehead atoms. The molecule has 20 heavy (non-hydrogen) atoms. The van der Waals surface area contributed by atoms with Crippen LogP contribution in [0.5, 0.6) is 17.2 Å². The van der Waals surface area contributed by atoms with Gasteiger partial charge in [0.2, 0.25) is 5.78 Å². The minimum Gasteiger partial charge on any atom is -0.504 e. The number of ketones is 1. The summed E-state index contributed by atoms with van der Waals surface area (Å²) in [6.45, 7) is 0. The lowest BCUT2D eigenvalue weighted by Crippen LogP contribution is -1.98. The number of carbonyl (C=O) groups excluding carboxylic acids is 1. The highest BCUT2D eigenvalue weighted by molar-refractivity contribution is 6.31. The van der Waals surface area contributed by atoms with Crippen molar-refractivity contribution in [2.24, 2.45) is 0 Å². The predicted molar refractivity (Wildman–Crippen MR) is 74.2 cm³/mol. The highest BCUT2D eigenvalue weighted by Gasteiger charge is 2.27. The van der Waals surface area contributed by atoms with Gasteiger partial charge < -0.3 is 14.9 Å². The second-order valence-electron chi connectivity index (χ2n) is 4.33. The zero-order chi connectivity index (χ0) is 14.3. The number of aromatic hydroxyl groups is 2. The summed E-state index contributed by atoms with van der Waals surface area (Å²) in [5.74, 6) is -0.151. The highest BCUT2D eigenvalue weighted by Crippen LogP contribution is 2.34. The van der Waals surface area contributed by atoms with Crippen LogP contribution in [-0.4, -0.2) is 16.0 Å². The van der Waals surface area contributed by atoms with E-state index in [1.807, 2.05) is 0 Å². The van der Waals surface area contributed by atoms with Crippen LogP contribution in [0.4, 0.5) is 0 Å². The first-order chi connectivity index (χ1) is 9.54. The number of hydrogen-bond acceptors (Lipinski definition) is 4. The maximum Gasteiger partial charge on any atom is 0.232 e. The zero-order valence-electron chi connectivity index (χ0n) is 10.1. The van der Waals surface area contributed by atoms with Crippen LogP contribution in [0, 0.1) is 0 Å². The molecule has 0 atom stereocenters. The lowest BCUT2D eigenvalue weighted by atomic mass is 10.1. The Balaban J connectivity index is 1.99. The molecule has 3 rings (SSSR count). The third kappa shape index (κ3) is 2.10. The fraction of sp³-hybridized carbons (Fsp3) is 0. The van der Waals surface area contributed by atoms with Gasteiger partial charge in [0.05, 0.1) is 5.56 Å². The van der Waals surface area contributed by atoms with Gasteiger partial charge in [-0.15, -0.1) is 0 Å². The van der Waals surface area contributed by atoms with Gasteiger partial charge in [-0.1, -0.05) is 17.7 Å². The first kappa shape index (κ1) is 12.6. The molecule has 100 valence electrons. The van der Waals surface area contributed by atoms with Gasteiger partial charge >= 0.3 is 0 Å². The molecule has 0 amide bonds. The Bertz CT molecular complexity index is 750. The Kier molecular flexibility index (Phi) is 2.88. The molecule has 5 heteroatoms. The van der Waals surface area contributed by atoms with Gasteiger partial charge in [-0.05, 0) is 42.0 Å². The van der Waals surface area contributed by atoms with E-state index in [0.29, 0.717) is 21.9 Å². The van der Waals surface area contributed by atoms with Crippen LogP contribution in [0.1, 0.15) is 15.9 Å². The van der Waals surface area contributed by atoms with E-state index in [9.17, 15) is 15.0 Å². The molecule has 0 fully saturated rings. The van der Waals surface area contributed by atoms with Crippen molar-refractivity contribution >= 4 is 23.5 Å². The molecule has 0 unspecified atom stereocenters. The molecule has 2 aromatic rings. The molecular weight excluding hydrogens is 280 g/mol. The van der Waals surface area contributed by atoms with Crippen LogP contribution in [-0.2, 0) is 0 Å². The Morgan fingerprint density at radius 1 is 1.05 bits per heavy atom. The Morgan fingerprint density at radius 2 is 1.85 bits per heavy atom. The Morgan fingerprint density at radius 3 is 2.60 bits per heavy atom. The second kappa shape index (κ2) is 4.58. The summed E-state index contributed by atoms with van der Waals surface area (Å²) in [6.07, 6.45) is 1.50. The maximum absolute atomic E-state index is 12.1. The molecule has 1 aliphatic heterocycles. The lowest BCUT2D eigenvalue weighted by molar-refractivity contribution is 0.101. The fourth-order valence-corrected chi connectivity index (χ4v) is 2.11. The van der Waals surface area contributed by atoms with Crippen molar-refractivity contribution in [2.75, 3.05) is 0 Å². The number of phenols is 2. The van der Waals surface area contributed by atoms with Gasteiger partial charge in [0.1, 0.15) is 5.75 Å².